The fraction of sp³-hybridized carbons (Fsp3) is 0.235. The number of rotatable bonds is 7. The molecular formula is C17H18N6O2. The zero-order chi connectivity index (χ0) is 17.8. The van der Waals surface area contributed by atoms with Crippen molar-refractivity contribution in [2.24, 2.45) is 16.6 Å². The molecule has 0 aliphatic heterocycles. The standard InChI is InChI=1S/C17H18N6O2/c18-13(10-1-2-10)9-14(19)22-15-7-8-20-17(23-15)21-12-5-3-11(4-6-12)16(24)25/h3-8,10,18H,1-2,9H2,(H,24,25)(H3,19,20,21,22,23). The molecule has 0 radical (unpaired) electrons. The van der Waals surface area contributed by atoms with Gasteiger partial charge in [-0.3, -0.25) is 0 Å². The van der Waals surface area contributed by atoms with E-state index >= 15 is 0 Å². The Labute approximate surface area is 144 Å². The Morgan fingerprint density at radius 2 is 2.04 bits per heavy atom. The number of carboxylic acid groups (broad SMARTS) is 1. The van der Waals surface area contributed by atoms with Crippen LogP contribution in [0.1, 0.15) is 29.6 Å². The highest BCUT2D eigenvalue weighted by Gasteiger charge is 2.26. The second-order valence-corrected chi connectivity index (χ2v) is 5.83. The summed E-state index contributed by atoms with van der Waals surface area (Å²) in [5, 5.41) is 19.8. The van der Waals surface area contributed by atoms with E-state index in [1.165, 1.54) is 12.1 Å². The van der Waals surface area contributed by atoms with Crippen molar-refractivity contribution < 1.29 is 9.90 Å². The molecule has 8 heteroatoms. The van der Waals surface area contributed by atoms with Crippen molar-refractivity contribution in [1.29, 1.82) is 5.41 Å². The van der Waals surface area contributed by atoms with E-state index in [0.717, 1.165) is 12.8 Å². The smallest absolute Gasteiger partial charge is 0.335 e. The summed E-state index contributed by atoms with van der Waals surface area (Å²) in [6, 6.07) is 7.89. The number of carboxylic acids is 1. The summed E-state index contributed by atoms with van der Waals surface area (Å²) in [7, 11) is 0. The van der Waals surface area contributed by atoms with Gasteiger partial charge >= 0.3 is 5.97 Å². The van der Waals surface area contributed by atoms with Crippen LogP contribution in [0.4, 0.5) is 17.5 Å². The van der Waals surface area contributed by atoms with Gasteiger partial charge in [-0.2, -0.15) is 4.98 Å². The normalized spacial score (nSPS) is 14.2. The molecule has 1 aromatic heterocycles. The summed E-state index contributed by atoms with van der Waals surface area (Å²) < 4.78 is 0. The van der Waals surface area contributed by atoms with Crippen LogP contribution < -0.4 is 11.1 Å². The van der Waals surface area contributed by atoms with Gasteiger partial charge in [-0.05, 0) is 43.0 Å². The number of nitrogens with one attached hydrogen (secondary N) is 2. The largest absolute Gasteiger partial charge is 0.478 e. The molecule has 0 atom stereocenters. The van der Waals surface area contributed by atoms with E-state index in [2.05, 4.69) is 20.3 Å². The minimum atomic E-state index is -0.980. The number of hydrogen-bond acceptors (Lipinski definition) is 6. The Hall–Kier alpha value is -3.29. The van der Waals surface area contributed by atoms with E-state index < -0.39 is 5.97 Å². The fourth-order valence-corrected chi connectivity index (χ4v) is 2.25. The maximum absolute atomic E-state index is 10.9. The van der Waals surface area contributed by atoms with Crippen LogP contribution >= 0.6 is 0 Å². The number of carbonyl (C=O) groups is 1. The molecule has 0 saturated heterocycles. The van der Waals surface area contributed by atoms with E-state index in [1.807, 2.05) is 0 Å². The second-order valence-electron chi connectivity index (χ2n) is 5.83. The van der Waals surface area contributed by atoms with Gasteiger partial charge in [0, 0.05) is 30.1 Å². The first-order chi connectivity index (χ1) is 12.0. The minimum Gasteiger partial charge on any atom is -0.478 e. The number of aromatic nitrogens is 2. The third-order valence-corrected chi connectivity index (χ3v) is 3.73. The van der Waals surface area contributed by atoms with Gasteiger partial charge in [-0.15, -0.1) is 0 Å². The van der Waals surface area contributed by atoms with Crippen molar-refractivity contribution in [1.82, 2.24) is 9.97 Å². The lowest BCUT2D eigenvalue weighted by atomic mass is 10.2. The number of nitrogens with two attached hydrogens (primary N) is 1. The summed E-state index contributed by atoms with van der Waals surface area (Å²) in [6.45, 7) is 0. The molecule has 25 heavy (non-hydrogen) atoms. The molecule has 5 N–H and O–H groups in total. The first-order valence-corrected chi connectivity index (χ1v) is 7.85. The molecule has 1 aliphatic carbocycles. The van der Waals surface area contributed by atoms with Gasteiger partial charge in [0.15, 0.2) is 5.82 Å². The number of aromatic carboxylic acids is 1. The number of hydrogen-bond donors (Lipinski definition) is 4. The quantitative estimate of drug-likeness (QED) is 0.452. The molecule has 0 amide bonds. The van der Waals surface area contributed by atoms with Crippen molar-refractivity contribution in [3.05, 3.63) is 42.1 Å². The van der Waals surface area contributed by atoms with Crippen molar-refractivity contribution in [2.75, 3.05) is 5.32 Å². The lowest BCUT2D eigenvalue weighted by Crippen LogP contribution is -2.17. The number of anilines is 2. The zero-order valence-corrected chi connectivity index (χ0v) is 13.4. The Balaban J connectivity index is 1.68. The van der Waals surface area contributed by atoms with Crippen LogP contribution in [-0.2, 0) is 0 Å². The predicted molar refractivity (Wildman–Crippen MR) is 95.1 cm³/mol. The molecular weight excluding hydrogens is 320 g/mol. The average Bonchev–Trinajstić information content (AvgIpc) is 3.40. The van der Waals surface area contributed by atoms with Crippen LogP contribution in [-0.4, -0.2) is 32.6 Å². The van der Waals surface area contributed by atoms with Crippen LogP contribution in [0.25, 0.3) is 0 Å². The number of nitrogens with zero attached hydrogens (tertiary/aromatic N) is 3. The van der Waals surface area contributed by atoms with Gasteiger partial charge in [0.25, 0.3) is 0 Å². The molecule has 1 aliphatic rings. The predicted octanol–water partition coefficient (Wildman–Crippen LogP) is 2.73. The number of aliphatic imine (C=N–C) groups is 1. The van der Waals surface area contributed by atoms with E-state index in [-0.39, 0.29) is 5.56 Å². The van der Waals surface area contributed by atoms with E-state index in [0.29, 0.717) is 41.3 Å². The summed E-state index contributed by atoms with van der Waals surface area (Å²) in [5.74, 6) is 0.471. The topological polar surface area (TPSA) is 137 Å². The fourth-order valence-electron chi connectivity index (χ4n) is 2.25. The van der Waals surface area contributed by atoms with E-state index in [1.54, 1.807) is 24.4 Å². The van der Waals surface area contributed by atoms with E-state index in [9.17, 15) is 4.79 Å². The molecule has 0 unspecified atom stereocenters. The van der Waals surface area contributed by atoms with Crippen LogP contribution in [0.2, 0.25) is 0 Å². The summed E-state index contributed by atoms with van der Waals surface area (Å²) in [4.78, 5) is 23.5. The zero-order valence-electron chi connectivity index (χ0n) is 13.4. The van der Waals surface area contributed by atoms with Gasteiger partial charge in [0.05, 0.1) is 5.56 Å². The highest BCUT2D eigenvalue weighted by molar-refractivity contribution is 6.03. The van der Waals surface area contributed by atoms with Gasteiger partial charge in [-0.1, -0.05) is 0 Å². The van der Waals surface area contributed by atoms with E-state index in [4.69, 9.17) is 16.2 Å². The molecule has 1 heterocycles. The summed E-state index contributed by atoms with van der Waals surface area (Å²) >= 11 is 0. The number of benzene rings is 1. The molecule has 0 spiro atoms. The average molecular weight is 338 g/mol. The molecule has 0 bridgehead atoms. The van der Waals surface area contributed by atoms with Crippen molar-refractivity contribution in [3.63, 3.8) is 0 Å². The Bertz CT molecular complexity index is 827. The Morgan fingerprint density at radius 3 is 2.68 bits per heavy atom. The van der Waals surface area contributed by atoms with Gasteiger partial charge in [0.1, 0.15) is 5.84 Å². The van der Waals surface area contributed by atoms with Crippen LogP contribution in [0.3, 0.4) is 0 Å². The SMILES string of the molecule is N=C(CC(N)=Nc1ccnc(Nc2ccc(C(=O)O)cc2)n1)C1CC1. The molecule has 8 nitrogen and oxygen atoms in total. The lowest BCUT2D eigenvalue weighted by molar-refractivity contribution is 0.0697. The molecule has 3 rings (SSSR count). The van der Waals surface area contributed by atoms with Gasteiger partial charge in [0.2, 0.25) is 5.95 Å². The van der Waals surface area contributed by atoms with Crippen molar-refractivity contribution >= 4 is 35.0 Å². The third kappa shape index (κ3) is 4.60. The maximum atomic E-state index is 10.9. The highest BCUT2D eigenvalue weighted by atomic mass is 16.4. The molecule has 1 fully saturated rings. The van der Waals surface area contributed by atoms with Crippen LogP contribution in [0, 0.1) is 11.3 Å². The molecule has 1 saturated carbocycles. The third-order valence-electron chi connectivity index (χ3n) is 3.73. The monoisotopic (exact) mass is 338 g/mol. The number of amidine groups is 1. The lowest BCUT2D eigenvalue weighted by Gasteiger charge is -2.06. The molecule has 2 aromatic rings. The maximum Gasteiger partial charge on any atom is 0.335 e. The summed E-state index contributed by atoms with van der Waals surface area (Å²) in [5.41, 5.74) is 7.38. The van der Waals surface area contributed by atoms with Gasteiger partial charge < -0.3 is 21.6 Å². The minimum absolute atomic E-state index is 0.204. The second kappa shape index (κ2) is 7.08. The van der Waals surface area contributed by atoms with Crippen LogP contribution in [0.5, 0.6) is 0 Å². The molecule has 128 valence electrons. The van der Waals surface area contributed by atoms with Crippen molar-refractivity contribution in [2.45, 2.75) is 19.3 Å². The first kappa shape index (κ1) is 16.6. The first-order valence-electron chi connectivity index (χ1n) is 7.85. The highest BCUT2D eigenvalue weighted by Crippen LogP contribution is 2.31. The van der Waals surface area contributed by atoms with Gasteiger partial charge in [-0.25, -0.2) is 14.8 Å². The Kier molecular flexibility index (Phi) is 4.69. The van der Waals surface area contributed by atoms with Crippen LogP contribution in [0.15, 0.2) is 41.5 Å². The summed E-state index contributed by atoms with van der Waals surface area (Å²) in [6.07, 6.45) is 4.04. The molecule has 1 aromatic carbocycles. The van der Waals surface area contributed by atoms with Crippen molar-refractivity contribution in [3.8, 4) is 0 Å². The Morgan fingerprint density at radius 1 is 1.32 bits per heavy atom.